The number of fused-ring (bicyclic) bond motifs is 2. The summed E-state index contributed by atoms with van der Waals surface area (Å²) < 4.78 is 42.2. The van der Waals surface area contributed by atoms with Crippen LogP contribution in [0.15, 0.2) is 42.7 Å². The van der Waals surface area contributed by atoms with Gasteiger partial charge in [0.25, 0.3) is 5.91 Å². The number of primary amides is 1. The number of aromatic nitrogens is 4. The lowest BCUT2D eigenvalue weighted by molar-refractivity contribution is -0.193. The van der Waals surface area contributed by atoms with Gasteiger partial charge in [-0.3, -0.25) is 19.5 Å². The van der Waals surface area contributed by atoms with Crippen molar-refractivity contribution in [2.75, 3.05) is 18.1 Å². The predicted octanol–water partition coefficient (Wildman–Crippen LogP) is 4.75. The van der Waals surface area contributed by atoms with Crippen molar-refractivity contribution in [3.8, 4) is 16.9 Å². The fraction of sp³-hybridized carbons (Fsp3) is 0.367. The van der Waals surface area contributed by atoms with Gasteiger partial charge in [0, 0.05) is 36.2 Å². The number of carbonyl (C=O) groups excluding carboxylic acids is 2. The maximum Gasteiger partial charge on any atom is 0.482 e. The van der Waals surface area contributed by atoms with Crippen LogP contribution in [0.25, 0.3) is 22.2 Å². The summed E-state index contributed by atoms with van der Waals surface area (Å²) in [6.45, 7) is 1.68. The molecule has 2 amide bonds. The zero-order chi connectivity index (χ0) is 29.9. The minimum atomic E-state index is -4.12. The highest BCUT2D eigenvalue weighted by molar-refractivity contribution is 6.30. The Morgan fingerprint density at radius 3 is 2.67 bits per heavy atom. The second kappa shape index (κ2) is 10.5. The molecule has 2 fully saturated rings. The van der Waals surface area contributed by atoms with Gasteiger partial charge in [-0.2, -0.15) is 13.9 Å². The average Bonchev–Trinajstić information content (AvgIpc) is 3.47. The number of nitrogens with two attached hydrogens (primary N) is 1. The van der Waals surface area contributed by atoms with Gasteiger partial charge in [-0.15, -0.1) is 0 Å². The van der Waals surface area contributed by atoms with Crippen molar-refractivity contribution in [3.63, 3.8) is 0 Å². The molecule has 0 bridgehead atoms. The van der Waals surface area contributed by atoms with Crippen molar-refractivity contribution in [2.24, 2.45) is 17.6 Å². The highest BCUT2D eigenvalue weighted by Crippen LogP contribution is 2.45. The summed E-state index contributed by atoms with van der Waals surface area (Å²) >= 11 is 5.92. The third-order valence-corrected chi connectivity index (χ3v) is 8.34. The molecule has 2 N–H and O–H groups in total. The van der Waals surface area contributed by atoms with Gasteiger partial charge in [0.2, 0.25) is 0 Å². The molecule has 4 aromatic rings. The number of hydrogen-bond donors (Lipinski definition) is 1. The largest absolute Gasteiger partial charge is 0.482 e. The predicted molar refractivity (Wildman–Crippen MR) is 153 cm³/mol. The van der Waals surface area contributed by atoms with Crippen LogP contribution in [0.1, 0.15) is 41.0 Å². The van der Waals surface area contributed by atoms with Crippen LogP contribution < -0.4 is 15.4 Å². The van der Waals surface area contributed by atoms with Crippen LogP contribution in [-0.4, -0.2) is 50.9 Å². The lowest BCUT2D eigenvalue weighted by Crippen LogP contribution is -2.50. The third kappa shape index (κ3) is 5.18. The van der Waals surface area contributed by atoms with Gasteiger partial charge in [-0.25, -0.2) is 9.67 Å². The Morgan fingerprint density at radius 1 is 1.14 bits per heavy atom. The zero-order valence-corrected chi connectivity index (χ0v) is 23.7. The molecule has 222 valence electrons. The van der Waals surface area contributed by atoms with Crippen molar-refractivity contribution < 1.29 is 27.8 Å². The second-order valence-corrected chi connectivity index (χ2v) is 11.7. The van der Waals surface area contributed by atoms with E-state index in [1.165, 1.54) is 18.3 Å². The van der Waals surface area contributed by atoms with E-state index in [1.54, 1.807) is 24.4 Å². The Hall–Kier alpha value is -4.16. The summed E-state index contributed by atoms with van der Waals surface area (Å²) in [5.74, 6) is -1.75. The van der Waals surface area contributed by atoms with E-state index in [0.717, 1.165) is 24.2 Å². The number of halogens is 3. The van der Waals surface area contributed by atoms with Gasteiger partial charge in [0.05, 0.1) is 47.0 Å². The standard InChI is InChI=1S/C30H27ClF2N6O4/c31-19-4-5-20(35-11-19)14-38-23-6-3-18(10-24(23)43-30(32,33)29(38)41)25-21-12-36-39(13-17-7-8-42-15-17)28(21)37-22(9-16-1-2-16)26(25)27(34)40/h3-6,10-12,16-17H,1-2,7-9,13-15H2,(H2,34,40). The topological polar surface area (TPSA) is 125 Å². The molecule has 43 heavy (non-hydrogen) atoms. The summed E-state index contributed by atoms with van der Waals surface area (Å²) in [5.41, 5.74) is 8.67. The van der Waals surface area contributed by atoms with Crippen molar-refractivity contribution in [2.45, 2.75) is 44.9 Å². The molecule has 5 heterocycles. The molecule has 0 spiro atoms. The van der Waals surface area contributed by atoms with Crippen LogP contribution in [0, 0.1) is 11.8 Å². The quantitative estimate of drug-likeness (QED) is 0.306. The fourth-order valence-electron chi connectivity index (χ4n) is 5.79. The minimum Gasteiger partial charge on any atom is -0.423 e. The number of amides is 2. The van der Waals surface area contributed by atoms with Gasteiger partial charge >= 0.3 is 12.0 Å². The first kappa shape index (κ1) is 27.7. The van der Waals surface area contributed by atoms with Crippen LogP contribution in [0.5, 0.6) is 5.75 Å². The fourth-order valence-corrected chi connectivity index (χ4v) is 5.90. The van der Waals surface area contributed by atoms with E-state index in [9.17, 15) is 18.4 Å². The average molecular weight is 609 g/mol. The molecule has 10 nitrogen and oxygen atoms in total. The molecular weight excluding hydrogens is 582 g/mol. The van der Waals surface area contributed by atoms with Crippen LogP contribution in [0.3, 0.4) is 0 Å². The lowest BCUT2D eigenvalue weighted by atomic mass is 9.93. The van der Waals surface area contributed by atoms with E-state index < -0.39 is 17.9 Å². The molecule has 3 aromatic heterocycles. The van der Waals surface area contributed by atoms with Crippen molar-refractivity contribution in [1.29, 1.82) is 0 Å². The number of carbonyl (C=O) groups is 2. The Labute approximate surface area is 249 Å². The molecule has 1 aromatic carbocycles. The van der Waals surface area contributed by atoms with Gasteiger partial charge < -0.3 is 15.2 Å². The summed E-state index contributed by atoms with van der Waals surface area (Å²) in [6.07, 6.45) is 2.40. The highest BCUT2D eigenvalue weighted by atomic mass is 35.5. The summed E-state index contributed by atoms with van der Waals surface area (Å²) in [5, 5.41) is 5.53. The Kier molecular flexibility index (Phi) is 6.77. The number of alkyl halides is 2. The van der Waals surface area contributed by atoms with Gasteiger partial charge in [0.1, 0.15) is 0 Å². The molecule has 2 aliphatic heterocycles. The third-order valence-electron chi connectivity index (χ3n) is 8.12. The summed E-state index contributed by atoms with van der Waals surface area (Å²) in [7, 11) is 0. The van der Waals surface area contributed by atoms with E-state index in [1.807, 2.05) is 4.68 Å². The molecule has 1 saturated heterocycles. The number of nitrogens with zero attached hydrogens (tertiary/aromatic N) is 5. The highest BCUT2D eigenvalue weighted by Gasteiger charge is 2.50. The molecule has 1 saturated carbocycles. The molecular formula is C30H27ClF2N6O4. The Balaban J connectivity index is 1.36. The SMILES string of the molecule is NC(=O)c1c(CC2CC2)nc2c(cnn2CC2CCOC2)c1-c1ccc2c(c1)OC(F)(F)C(=O)N2Cc1ccc(Cl)cn1. The lowest BCUT2D eigenvalue weighted by Gasteiger charge is -2.33. The number of ether oxygens (including phenoxy) is 2. The first-order valence-corrected chi connectivity index (χ1v) is 14.5. The molecule has 0 radical (unpaired) electrons. The zero-order valence-electron chi connectivity index (χ0n) is 22.9. The van der Waals surface area contributed by atoms with E-state index >= 15 is 0 Å². The van der Waals surface area contributed by atoms with Crippen LogP contribution in [0.2, 0.25) is 5.02 Å². The summed E-state index contributed by atoms with van der Waals surface area (Å²) in [4.78, 5) is 35.7. The van der Waals surface area contributed by atoms with Crippen LogP contribution >= 0.6 is 11.6 Å². The molecule has 7 rings (SSSR count). The van der Waals surface area contributed by atoms with Crippen LogP contribution in [0.4, 0.5) is 14.5 Å². The first-order valence-electron chi connectivity index (χ1n) is 14.1. The Bertz CT molecular complexity index is 1750. The smallest absolute Gasteiger partial charge is 0.423 e. The van der Waals surface area contributed by atoms with Crippen LogP contribution in [-0.2, 0) is 29.0 Å². The van der Waals surface area contributed by atoms with Crippen molar-refractivity contribution in [3.05, 3.63) is 64.7 Å². The number of benzene rings is 1. The van der Waals surface area contributed by atoms with Crippen molar-refractivity contribution >= 4 is 40.1 Å². The normalized spacial score (nSPS) is 19.5. The van der Waals surface area contributed by atoms with E-state index in [-0.39, 0.29) is 29.5 Å². The maximum atomic E-state index is 14.9. The number of pyridine rings is 2. The first-order chi connectivity index (χ1) is 20.7. The minimum absolute atomic E-state index is 0.137. The second-order valence-electron chi connectivity index (χ2n) is 11.3. The van der Waals surface area contributed by atoms with E-state index in [2.05, 4.69) is 10.1 Å². The monoisotopic (exact) mass is 608 g/mol. The maximum absolute atomic E-state index is 14.9. The van der Waals surface area contributed by atoms with Gasteiger partial charge in [0.15, 0.2) is 11.4 Å². The number of anilines is 1. The number of hydrogen-bond acceptors (Lipinski definition) is 7. The number of rotatable bonds is 8. The van der Waals surface area contributed by atoms with E-state index in [4.69, 9.17) is 31.8 Å². The summed E-state index contributed by atoms with van der Waals surface area (Å²) in [6, 6.07) is 7.70. The Morgan fingerprint density at radius 2 is 1.98 bits per heavy atom. The van der Waals surface area contributed by atoms with Crippen molar-refractivity contribution in [1.82, 2.24) is 19.7 Å². The van der Waals surface area contributed by atoms with Gasteiger partial charge in [-0.1, -0.05) is 17.7 Å². The molecule has 1 aliphatic carbocycles. The molecule has 13 heteroatoms. The molecule has 1 atom stereocenters. The molecule has 1 unspecified atom stereocenters. The van der Waals surface area contributed by atoms with Gasteiger partial charge in [-0.05, 0) is 61.4 Å². The van der Waals surface area contributed by atoms with E-state index in [0.29, 0.717) is 70.7 Å². The molecule has 3 aliphatic rings.